The molecular formula is C23H40N4O. The number of nitrogens with zero attached hydrogens (tertiary/aromatic N) is 2. The standard InChI is InChI=1S/C15H23NO.C6H11N3.C2H6/c1-13(5-3-6-14(2)12-17)7-4-10-16-11-15-8-9-15;1-5-4-6(7-2)9(3)8-5;1-2/h3,5-6,12,15-16H,1,4,7-11H2,2H3;4,7H,1-3H3;1-2H3/b5-3-,14-6+;;. The van der Waals surface area contributed by atoms with Crippen molar-refractivity contribution in [3.63, 3.8) is 0 Å². The first-order valence-corrected chi connectivity index (χ1v) is 10.3. The molecule has 5 nitrogen and oxygen atoms in total. The Bertz CT molecular complexity index is 625. The van der Waals surface area contributed by atoms with Crippen molar-refractivity contribution in [3.8, 4) is 0 Å². The zero-order valence-corrected chi connectivity index (χ0v) is 18.7. The van der Waals surface area contributed by atoms with E-state index in [1.807, 2.05) is 63.8 Å². The van der Waals surface area contributed by atoms with Gasteiger partial charge in [0.1, 0.15) is 12.1 Å². The van der Waals surface area contributed by atoms with Crippen LogP contribution in [0.15, 0.2) is 42.0 Å². The summed E-state index contributed by atoms with van der Waals surface area (Å²) in [7, 11) is 3.80. The maximum absolute atomic E-state index is 10.4. The Balaban J connectivity index is 0.000000556. The predicted molar refractivity (Wildman–Crippen MR) is 122 cm³/mol. The molecule has 0 amide bonds. The Hall–Kier alpha value is -2.14. The number of carbonyl (C=O) groups excluding carboxylic acids is 1. The van der Waals surface area contributed by atoms with E-state index in [0.29, 0.717) is 0 Å². The lowest BCUT2D eigenvalue weighted by molar-refractivity contribution is -0.104. The Morgan fingerprint density at radius 1 is 1.39 bits per heavy atom. The average Bonchev–Trinajstić information content (AvgIpc) is 3.46. The lowest BCUT2D eigenvalue weighted by Gasteiger charge is -2.03. The van der Waals surface area contributed by atoms with Crippen LogP contribution in [0.4, 0.5) is 5.82 Å². The van der Waals surface area contributed by atoms with Gasteiger partial charge in [0.15, 0.2) is 0 Å². The van der Waals surface area contributed by atoms with Gasteiger partial charge in [-0.2, -0.15) is 5.10 Å². The molecule has 1 fully saturated rings. The highest BCUT2D eigenvalue weighted by Gasteiger charge is 2.19. The summed E-state index contributed by atoms with van der Waals surface area (Å²) in [6.07, 6.45) is 11.5. The van der Waals surface area contributed by atoms with E-state index in [9.17, 15) is 4.79 Å². The molecule has 0 spiro atoms. The van der Waals surface area contributed by atoms with E-state index in [-0.39, 0.29) is 0 Å². The number of aromatic nitrogens is 2. The Kier molecular flexibility index (Phi) is 14.7. The molecule has 28 heavy (non-hydrogen) atoms. The third-order valence-electron chi connectivity index (χ3n) is 4.12. The zero-order valence-electron chi connectivity index (χ0n) is 18.7. The molecule has 1 aromatic rings. The first kappa shape index (κ1) is 25.9. The molecule has 0 unspecified atom stereocenters. The third-order valence-corrected chi connectivity index (χ3v) is 4.12. The van der Waals surface area contributed by atoms with Crippen LogP contribution in [0.1, 0.15) is 52.1 Å². The highest BCUT2D eigenvalue weighted by atomic mass is 16.1. The second kappa shape index (κ2) is 15.9. The van der Waals surface area contributed by atoms with Gasteiger partial charge in [-0.25, -0.2) is 0 Å². The largest absolute Gasteiger partial charge is 0.373 e. The summed E-state index contributed by atoms with van der Waals surface area (Å²) in [5.41, 5.74) is 2.90. The average molecular weight is 389 g/mol. The van der Waals surface area contributed by atoms with Crippen LogP contribution >= 0.6 is 0 Å². The second-order valence-corrected chi connectivity index (χ2v) is 6.84. The van der Waals surface area contributed by atoms with Gasteiger partial charge in [-0.3, -0.25) is 9.48 Å². The number of carbonyl (C=O) groups is 1. The molecular weight excluding hydrogens is 348 g/mol. The van der Waals surface area contributed by atoms with Crippen LogP contribution in [0.25, 0.3) is 0 Å². The molecule has 1 aliphatic rings. The number of aldehydes is 1. The van der Waals surface area contributed by atoms with Gasteiger partial charge in [-0.15, -0.1) is 0 Å². The van der Waals surface area contributed by atoms with Crippen LogP contribution in [0.2, 0.25) is 0 Å². The van der Waals surface area contributed by atoms with Crippen LogP contribution < -0.4 is 10.6 Å². The van der Waals surface area contributed by atoms with Crippen molar-refractivity contribution in [1.29, 1.82) is 0 Å². The van der Waals surface area contributed by atoms with E-state index in [1.165, 1.54) is 19.4 Å². The van der Waals surface area contributed by atoms with Crippen molar-refractivity contribution >= 4 is 12.1 Å². The Morgan fingerprint density at radius 2 is 2.07 bits per heavy atom. The molecule has 1 aliphatic carbocycles. The SMILES string of the molecule is C=C(/C=C\C=C(/C)C=O)CCCNCC1CC1.CC.CNc1cc(C)nn1C. The van der Waals surface area contributed by atoms with E-state index >= 15 is 0 Å². The maximum Gasteiger partial charge on any atom is 0.145 e. The van der Waals surface area contributed by atoms with Crippen LogP contribution in [0.3, 0.4) is 0 Å². The van der Waals surface area contributed by atoms with Gasteiger partial charge in [-0.05, 0) is 64.1 Å². The number of hydrogen-bond acceptors (Lipinski definition) is 4. The molecule has 5 heteroatoms. The number of anilines is 1. The highest BCUT2D eigenvalue weighted by molar-refractivity contribution is 5.72. The van der Waals surface area contributed by atoms with E-state index < -0.39 is 0 Å². The van der Waals surface area contributed by atoms with Crippen molar-refractivity contribution in [2.24, 2.45) is 13.0 Å². The number of aryl methyl sites for hydroxylation is 2. The van der Waals surface area contributed by atoms with Gasteiger partial charge < -0.3 is 10.6 Å². The first-order chi connectivity index (χ1) is 13.5. The molecule has 0 aromatic carbocycles. The van der Waals surface area contributed by atoms with Crippen LogP contribution in [-0.4, -0.2) is 36.2 Å². The first-order valence-electron chi connectivity index (χ1n) is 10.3. The third kappa shape index (κ3) is 13.1. The molecule has 2 rings (SSSR count). The molecule has 0 saturated heterocycles. The molecule has 0 aliphatic heterocycles. The van der Waals surface area contributed by atoms with Gasteiger partial charge in [0, 0.05) is 20.2 Å². The quantitative estimate of drug-likeness (QED) is 0.261. The molecule has 0 radical (unpaired) electrons. The smallest absolute Gasteiger partial charge is 0.145 e. The summed E-state index contributed by atoms with van der Waals surface area (Å²) in [6.45, 7) is 14.0. The van der Waals surface area contributed by atoms with Crippen LogP contribution in [-0.2, 0) is 11.8 Å². The lowest BCUT2D eigenvalue weighted by atomic mass is 10.1. The molecule has 158 valence electrons. The fourth-order valence-electron chi connectivity index (χ4n) is 2.37. The maximum atomic E-state index is 10.4. The zero-order chi connectivity index (χ0) is 21.4. The predicted octanol–water partition coefficient (Wildman–Crippen LogP) is 4.82. The van der Waals surface area contributed by atoms with Gasteiger partial charge in [0.05, 0.1) is 5.69 Å². The van der Waals surface area contributed by atoms with Crippen LogP contribution in [0, 0.1) is 12.8 Å². The van der Waals surface area contributed by atoms with Crippen molar-refractivity contribution < 1.29 is 4.79 Å². The van der Waals surface area contributed by atoms with E-state index in [1.54, 1.807) is 6.92 Å². The number of nitrogens with one attached hydrogen (secondary N) is 2. The van der Waals surface area contributed by atoms with Gasteiger partial charge in [0.2, 0.25) is 0 Å². The summed E-state index contributed by atoms with van der Waals surface area (Å²) in [5.74, 6) is 2.00. The van der Waals surface area contributed by atoms with Crippen molar-refractivity contribution in [3.05, 3.63) is 47.7 Å². The van der Waals surface area contributed by atoms with E-state index in [4.69, 9.17) is 0 Å². The molecule has 0 atom stereocenters. The van der Waals surface area contributed by atoms with Gasteiger partial charge in [0.25, 0.3) is 0 Å². The number of hydrogen-bond donors (Lipinski definition) is 2. The highest BCUT2D eigenvalue weighted by Crippen LogP contribution is 2.27. The minimum Gasteiger partial charge on any atom is -0.373 e. The van der Waals surface area contributed by atoms with Gasteiger partial charge >= 0.3 is 0 Å². The topological polar surface area (TPSA) is 59.0 Å². The lowest BCUT2D eigenvalue weighted by Crippen LogP contribution is -2.17. The summed E-state index contributed by atoms with van der Waals surface area (Å²) in [5, 5.41) is 10.6. The Labute approximate surface area is 172 Å². The summed E-state index contributed by atoms with van der Waals surface area (Å²) in [4.78, 5) is 10.4. The van der Waals surface area contributed by atoms with Gasteiger partial charge in [-0.1, -0.05) is 44.2 Å². The van der Waals surface area contributed by atoms with Crippen molar-refractivity contribution in [2.45, 2.75) is 53.4 Å². The minimum atomic E-state index is 0.736. The number of allylic oxidation sites excluding steroid dienone is 5. The Morgan fingerprint density at radius 3 is 2.54 bits per heavy atom. The molecule has 1 heterocycles. The fourth-order valence-corrected chi connectivity index (χ4v) is 2.37. The molecule has 1 saturated carbocycles. The van der Waals surface area contributed by atoms with Crippen LogP contribution in [0.5, 0.6) is 0 Å². The van der Waals surface area contributed by atoms with Crippen molar-refractivity contribution in [2.75, 3.05) is 25.5 Å². The molecule has 1 aromatic heterocycles. The summed E-state index contributed by atoms with van der Waals surface area (Å²) < 4.78 is 1.81. The van der Waals surface area contributed by atoms with E-state index in [2.05, 4.69) is 22.3 Å². The fraction of sp³-hybridized carbons (Fsp3) is 0.565. The number of rotatable bonds is 10. The summed E-state index contributed by atoms with van der Waals surface area (Å²) >= 11 is 0. The normalized spacial score (nSPS) is 13.3. The summed E-state index contributed by atoms with van der Waals surface area (Å²) in [6, 6.07) is 2.00. The van der Waals surface area contributed by atoms with Crippen molar-refractivity contribution in [1.82, 2.24) is 15.1 Å². The second-order valence-electron chi connectivity index (χ2n) is 6.84. The van der Waals surface area contributed by atoms with E-state index in [0.717, 1.165) is 54.2 Å². The minimum absolute atomic E-state index is 0.736. The molecule has 2 N–H and O–H groups in total. The molecule has 0 bridgehead atoms. The monoisotopic (exact) mass is 388 g/mol.